The Morgan fingerprint density at radius 3 is 2.38 bits per heavy atom. The van der Waals surface area contributed by atoms with Crippen molar-refractivity contribution in [1.29, 1.82) is 0 Å². The molecule has 16 heavy (non-hydrogen) atoms. The predicted molar refractivity (Wildman–Crippen MR) is 60.6 cm³/mol. The van der Waals surface area contributed by atoms with Gasteiger partial charge in [-0.05, 0) is 26.7 Å². The Balaban J connectivity index is 2.38. The molecule has 5 nitrogen and oxygen atoms in total. The number of nitrogens with zero attached hydrogens (tertiary/aromatic N) is 2. The van der Waals surface area contributed by atoms with Crippen molar-refractivity contribution in [2.45, 2.75) is 44.0 Å². The molecule has 90 valence electrons. The molecule has 1 N–H and O–H groups in total. The average molecular weight is 243 g/mol. The van der Waals surface area contributed by atoms with Crippen LogP contribution in [0.4, 0.5) is 0 Å². The fraction of sp³-hybridized carbons (Fsp3) is 0.700. The van der Waals surface area contributed by atoms with Gasteiger partial charge in [0.05, 0.1) is 11.4 Å². The van der Waals surface area contributed by atoms with Gasteiger partial charge in [0.2, 0.25) is 10.0 Å². The van der Waals surface area contributed by atoms with Crippen molar-refractivity contribution in [1.82, 2.24) is 14.5 Å². The van der Waals surface area contributed by atoms with Gasteiger partial charge < -0.3 is 0 Å². The summed E-state index contributed by atoms with van der Waals surface area (Å²) in [6, 6.07) is 0.165. The van der Waals surface area contributed by atoms with Gasteiger partial charge in [-0.25, -0.2) is 8.42 Å². The number of nitrogens with one attached hydrogen (secondary N) is 1. The smallest absolute Gasteiger partial charge is 0.246 e. The number of sulfonamides is 1. The molecule has 0 aromatic carbocycles. The fourth-order valence-electron chi connectivity index (χ4n) is 2.01. The third kappa shape index (κ3) is 1.66. The SMILES string of the molecule is Cc1n[nH]c(C)c1S(=O)(=O)N(C)C1CCC1. The molecular weight excluding hydrogens is 226 g/mol. The van der Waals surface area contributed by atoms with Gasteiger partial charge in [0.15, 0.2) is 0 Å². The molecule has 0 aliphatic heterocycles. The first-order chi connectivity index (χ1) is 7.44. The Morgan fingerprint density at radius 1 is 1.38 bits per heavy atom. The van der Waals surface area contributed by atoms with E-state index in [2.05, 4.69) is 10.2 Å². The molecule has 0 spiro atoms. The monoisotopic (exact) mass is 243 g/mol. The quantitative estimate of drug-likeness (QED) is 0.867. The molecule has 1 heterocycles. The summed E-state index contributed by atoms with van der Waals surface area (Å²) in [5, 5.41) is 6.65. The zero-order chi connectivity index (χ0) is 11.9. The topological polar surface area (TPSA) is 66.1 Å². The van der Waals surface area contributed by atoms with Gasteiger partial charge in [-0.3, -0.25) is 5.10 Å². The van der Waals surface area contributed by atoms with Gasteiger partial charge >= 0.3 is 0 Å². The minimum atomic E-state index is -3.38. The van der Waals surface area contributed by atoms with Crippen LogP contribution in [-0.4, -0.2) is 36.0 Å². The number of H-pyrrole nitrogens is 1. The second kappa shape index (κ2) is 3.85. The summed E-state index contributed by atoms with van der Waals surface area (Å²) in [7, 11) is -1.72. The Bertz CT molecular complexity index is 469. The number of rotatable bonds is 3. The maximum absolute atomic E-state index is 12.3. The highest BCUT2D eigenvalue weighted by Gasteiger charge is 2.34. The van der Waals surface area contributed by atoms with Crippen LogP contribution in [0.1, 0.15) is 30.7 Å². The van der Waals surface area contributed by atoms with Gasteiger partial charge in [-0.2, -0.15) is 9.40 Å². The van der Waals surface area contributed by atoms with E-state index in [1.807, 2.05) is 0 Å². The molecular formula is C10H17N3O2S. The maximum Gasteiger partial charge on any atom is 0.246 e. The van der Waals surface area contributed by atoms with Crippen LogP contribution < -0.4 is 0 Å². The third-order valence-electron chi connectivity index (χ3n) is 3.29. The van der Waals surface area contributed by atoms with Crippen LogP contribution in [0.15, 0.2) is 4.90 Å². The highest BCUT2D eigenvalue weighted by molar-refractivity contribution is 7.89. The van der Waals surface area contributed by atoms with E-state index >= 15 is 0 Å². The molecule has 1 fully saturated rings. The van der Waals surface area contributed by atoms with Crippen LogP contribution >= 0.6 is 0 Å². The Hall–Kier alpha value is -0.880. The molecule has 1 aromatic rings. The molecule has 1 aliphatic rings. The van der Waals surface area contributed by atoms with Gasteiger partial charge in [0.1, 0.15) is 4.90 Å². The number of aromatic amines is 1. The van der Waals surface area contributed by atoms with Crippen LogP contribution in [0.5, 0.6) is 0 Å². The molecule has 0 atom stereocenters. The molecule has 1 aliphatic carbocycles. The summed E-state index contributed by atoms with van der Waals surface area (Å²) in [5.41, 5.74) is 1.16. The first kappa shape index (κ1) is 11.6. The highest BCUT2D eigenvalue weighted by atomic mass is 32.2. The zero-order valence-electron chi connectivity index (χ0n) is 9.82. The molecule has 1 aromatic heterocycles. The fourth-order valence-corrected chi connectivity index (χ4v) is 3.75. The number of hydrogen-bond acceptors (Lipinski definition) is 3. The van der Waals surface area contributed by atoms with Crippen molar-refractivity contribution in [2.24, 2.45) is 0 Å². The van der Waals surface area contributed by atoms with E-state index in [0.29, 0.717) is 16.3 Å². The Kier molecular flexibility index (Phi) is 2.79. The van der Waals surface area contributed by atoms with Gasteiger partial charge in [0.25, 0.3) is 0 Å². The molecule has 0 bridgehead atoms. The van der Waals surface area contributed by atoms with Crippen molar-refractivity contribution < 1.29 is 8.42 Å². The summed E-state index contributed by atoms with van der Waals surface area (Å²) >= 11 is 0. The maximum atomic E-state index is 12.3. The third-order valence-corrected chi connectivity index (χ3v) is 5.46. The van der Waals surface area contributed by atoms with Crippen molar-refractivity contribution in [3.8, 4) is 0 Å². The lowest BCUT2D eigenvalue weighted by molar-refractivity contribution is 0.249. The molecule has 6 heteroatoms. The van der Waals surface area contributed by atoms with Crippen molar-refractivity contribution in [3.05, 3.63) is 11.4 Å². The number of hydrogen-bond donors (Lipinski definition) is 1. The lowest BCUT2D eigenvalue weighted by Gasteiger charge is -2.33. The van der Waals surface area contributed by atoms with Crippen LogP contribution in [0.25, 0.3) is 0 Å². The largest absolute Gasteiger partial charge is 0.281 e. The van der Waals surface area contributed by atoms with E-state index < -0.39 is 10.0 Å². The van der Waals surface area contributed by atoms with Crippen molar-refractivity contribution in [2.75, 3.05) is 7.05 Å². The van der Waals surface area contributed by atoms with Gasteiger partial charge in [0, 0.05) is 13.1 Å². The van der Waals surface area contributed by atoms with Crippen LogP contribution in [0, 0.1) is 13.8 Å². The van der Waals surface area contributed by atoms with Crippen LogP contribution in [0.3, 0.4) is 0 Å². The Labute approximate surface area is 95.9 Å². The van der Waals surface area contributed by atoms with E-state index in [9.17, 15) is 8.42 Å². The van der Waals surface area contributed by atoms with E-state index in [-0.39, 0.29) is 6.04 Å². The molecule has 0 unspecified atom stereocenters. The Morgan fingerprint density at radius 2 is 2.00 bits per heavy atom. The van der Waals surface area contributed by atoms with E-state index in [4.69, 9.17) is 0 Å². The van der Waals surface area contributed by atoms with Crippen LogP contribution in [-0.2, 0) is 10.0 Å². The predicted octanol–water partition coefficient (Wildman–Crippen LogP) is 1.20. The standard InChI is InChI=1S/C10H17N3O2S/c1-7-10(8(2)12-11-7)16(14,15)13(3)9-5-4-6-9/h9H,4-6H2,1-3H3,(H,11,12). The lowest BCUT2D eigenvalue weighted by Crippen LogP contribution is -2.41. The van der Waals surface area contributed by atoms with Crippen LogP contribution in [0.2, 0.25) is 0 Å². The summed E-state index contributed by atoms with van der Waals surface area (Å²) in [6.45, 7) is 3.45. The summed E-state index contributed by atoms with van der Waals surface area (Å²) in [6.07, 6.45) is 3.05. The number of aromatic nitrogens is 2. The van der Waals surface area contributed by atoms with Gasteiger partial charge in [-0.1, -0.05) is 6.42 Å². The lowest BCUT2D eigenvalue weighted by atomic mass is 9.94. The zero-order valence-corrected chi connectivity index (χ0v) is 10.6. The minimum Gasteiger partial charge on any atom is -0.281 e. The molecule has 1 saturated carbocycles. The summed E-state index contributed by atoms with van der Waals surface area (Å²) in [4.78, 5) is 0.335. The molecule has 0 saturated heterocycles. The number of aryl methyl sites for hydroxylation is 2. The van der Waals surface area contributed by atoms with E-state index in [1.54, 1.807) is 20.9 Å². The normalized spacial score (nSPS) is 17.8. The average Bonchev–Trinajstić information content (AvgIpc) is 2.43. The minimum absolute atomic E-state index is 0.165. The summed E-state index contributed by atoms with van der Waals surface area (Å²) < 4.78 is 26.2. The molecule has 2 rings (SSSR count). The van der Waals surface area contributed by atoms with Crippen molar-refractivity contribution in [3.63, 3.8) is 0 Å². The van der Waals surface area contributed by atoms with Gasteiger partial charge in [-0.15, -0.1) is 0 Å². The van der Waals surface area contributed by atoms with E-state index in [1.165, 1.54) is 4.31 Å². The molecule has 0 amide bonds. The first-order valence-electron chi connectivity index (χ1n) is 5.44. The first-order valence-corrected chi connectivity index (χ1v) is 6.88. The highest BCUT2D eigenvalue weighted by Crippen LogP contribution is 2.30. The molecule has 0 radical (unpaired) electrons. The summed E-state index contributed by atoms with van der Waals surface area (Å²) in [5.74, 6) is 0. The van der Waals surface area contributed by atoms with E-state index in [0.717, 1.165) is 19.3 Å². The second-order valence-corrected chi connectivity index (χ2v) is 6.30. The second-order valence-electron chi connectivity index (χ2n) is 4.37. The van der Waals surface area contributed by atoms with Crippen molar-refractivity contribution >= 4 is 10.0 Å².